The van der Waals surface area contributed by atoms with Gasteiger partial charge in [-0.2, -0.15) is 0 Å². The summed E-state index contributed by atoms with van der Waals surface area (Å²) >= 11 is 0. The third-order valence-electron chi connectivity index (χ3n) is 4.65. The summed E-state index contributed by atoms with van der Waals surface area (Å²) in [6.45, 7) is 3.25. The zero-order chi connectivity index (χ0) is 22.1. The van der Waals surface area contributed by atoms with Crippen molar-refractivity contribution in [2.24, 2.45) is 0 Å². The fourth-order valence-electron chi connectivity index (χ4n) is 3.09. The molecule has 31 heavy (non-hydrogen) atoms. The van der Waals surface area contributed by atoms with Crippen LogP contribution in [-0.2, 0) is 18.0 Å². The van der Waals surface area contributed by atoms with Gasteiger partial charge in [-0.1, -0.05) is 30.3 Å². The molecule has 0 aliphatic rings. The van der Waals surface area contributed by atoms with E-state index in [2.05, 4.69) is 5.32 Å². The summed E-state index contributed by atoms with van der Waals surface area (Å²) in [6.07, 6.45) is 0. The topological polar surface area (TPSA) is 66.0 Å². The highest BCUT2D eigenvalue weighted by molar-refractivity contribution is 6.05. The second-order valence-electron chi connectivity index (χ2n) is 6.75. The highest BCUT2D eigenvalue weighted by Crippen LogP contribution is 2.30. The van der Waals surface area contributed by atoms with Crippen molar-refractivity contribution in [2.75, 3.05) is 26.1 Å². The molecule has 0 aliphatic heterocycles. The van der Waals surface area contributed by atoms with Crippen molar-refractivity contribution >= 4 is 11.6 Å². The summed E-state index contributed by atoms with van der Waals surface area (Å²) in [6, 6.07) is 20.5. The van der Waals surface area contributed by atoms with E-state index in [1.807, 2.05) is 37.3 Å². The number of amides is 1. The Hall–Kier alpha value is -3.51. The number of methoxy groups -OCH3 is 2. The van der Waals surface area contributed by atoms with Gasteiger partial charge in [0, 0.05) is 17.2 Å². The quantitative estimate of drug-likeness (QED) is 0.495. The van der Waals surface area contributed by atoms with Crippen molar-refractivity contribution in [2.45, 2.75) is 20.1 Å². The minimum atomic E-state index is -0.265. The molecular formula is C25H27NO5. The molecule has 0 atom stereocenters. The van der Waals surface area contributed by atoms with Gasteiger partial charge in [0.2, 0.25) is 0 Å². The van der Waals surface area contributed by atoms with E-state index in [9.17, 15) is 4.79 Å². The molecule has 0 bridgehead atoms. The first-order valence-electron chi connectivity index (χ1n) is 10.0. The van der Waals surface area contributed by atoms with Crippen molar-refractivity contribution in [1.82, 2.24) is 0 Å². The average Bonchev–Trinajstić information content (AvgIpc) is 2.80. The second-order valence-corrected chi connectivity index (χ2v) is 6.75. The van der Waals surface area contributed by atoms with E-state index >= 15 is 0 Å². The number of carbonyl (C=O) groups excluding carboxylic acids is 1. The lowest BCUT2D eigenvalue weighted by molar-refractivity contribution is 0.101. The number of hydrogen-bond acceptors (Lipinski definition) is 5. The van der Waals surface area contributed by atoms with Gasteiger partial charge in [-0.05, 0) is 42.8 Å². The molecule has 0 fully saturated rings. The fraction of sp³-hybridized carbons (Fsp3) is 0.240. The van der Waals surface area contributed by atoms with Crippen molar-refractivity contribution in [1.29, 1.82) is 0 Å². The summed E-state index contributed by atoms with van der Waals surface area (Å²) in [5.41, 5.74) is 2.91. The predicted molar refractivity (Wildman–Crippen MR) is 120 cm³/mol. The van der Waals surface area contributed by atoms with Crippen LogP contribution < -0.4 is 19.5 Å². The molecule has 0 heterocycles. The van der Waals surface area contributed by atoms with E-state index in [-0.39, 0.29) is 5.91 Å². The SMILES string of the molecule is CCOc1ccc(C(=O)Nc2cc(OC)ccc2OC)cc1COCc1ccccc1. The van der Waals surface area contributed by atoms with Crippen LogP contribution in [0.5, 0.6) is 17.2 Å². The van der Waals surface area contributed by atoms with E-state index < -0.39 is 0 Å². The maximum atomic E-state index is 12.9. The number of rotatable bonds is 10. The molecule has 1 N–H and O–H groups in total. The van der Waals surface area contributed by atoms with Crippen molar-refractivity contribution in [3.8, 4) is 17.2 Å². The number of nitrogens with one attached hydrogen (secondary N) is 1. The zero-order valence-corrected chi connectivity index (χ0v) is 18.0. The van der Waals surface area contributed by atoms with Crippen molar-refractivity contribution in [3.63, 3.8) is 0 Å². The number of benzene rings is 3. The molecule has 3 rings (SSSR count). The number of anilines is 1. The Morgan fingerprint density at radius 1 is 0.871 bits per heavy atom. The third kappa shape index (κ3) is 5.99. The first-order valence-corrected chi connectivity index (χ1v) is 10.0. The van der Waals surface area contributed by atoms with Crippen LogP contribution >= 0.6 is 0 Å². The average molecular weight is 421 g/mol. The van der Waals surface area contributed by atoms with Crippen LogP contribution in [0.1, 0.15) is 28.4 Å². The molecule has 0 aromatic heterocycles. The van der Waals surface area contributed by atoms with E-state index in [0.29, 0.717) is 48.3 Å². The van der Waals surface area contributed by atoms with Crippen LogP contribution in [0, 0.1) is 0 Å². The van der Waals surface area contributed by atoms with Crippen molar-refractivity contribution in [3.05, 3.63) is 83.4 Å². The van der Waals surface area contributed by atoms with E-state index in [1.54, 1.807) is 50.6 Å². The molecule has 0 radical (unpaired) electrons. The van der Waals surface area contributed by atoms with E-state index in [0.717, 1.165) is 11.1 Å². The van der Waals surface area contributed by atoms with Crippen LogP contribution in [0.2, 0.25) is 0 Å². The minimum Gasteiger partial charge on any atom is -0.497 e. The Balaban J connectivity index is 1.76. The summed E-state index contributed by atoms with van der Waals surface area (Å²) < 4.78 is 22.2. The van der Waals surface area contributed by atoms with Crippen LogP contribution in [0.4, 0.5) is 5.69 Å². The first kappa shape index (κ1) is 22.2. The molecule has 6 nitrogen and oxygen atoms in total. The predicted octanol–water partition coefficient (Wildman–Crippen LogP) is 5.07. The Kier molecular flexibility index (Phi) is 7.90. The summed E-state index contributed by atoms with van der Waals surface area (Å²) in [7, 11) is 3.12. The summed E-state index contributed by atoms with van der Waals surface area (Å²) in [5, 5.41) is 2.89. The van der Waals surface area contributed by atoms with Gasteiger partial charge >= 0.3 is 0 Å². The smallest absolute Gasteiger partial charge is 0.255 e. The molecule has 162 valence electrons. The Morgan fingerprint density at radius 3 is 2.35 bits per heavy atom. The highest BCUT2D eigenvalue weighted by Gasteiger charge is 2.14. The fourth-order valence-corrected chi connectivity index (χ4v) is 3.09. The molecule has 1 amide bonds. The second kappa shape index (κ2) is 11.0. The summed E-state index contributed by atoms with van der Waals surface area (Å²) in [4.78, 5) is 12.9. The lowest BCUT2D eigenvalue weighted by Gasteiger charge is -2.14. The molecule has 0 saturated carbocycles. The molecule has 0 saturated heterocycles. The zero-order valence-electron chi connectivity index (χ0n) is 18.0. The molecular weight excluding hydrogens is 394 g/mol. The minimum absolute atomic E-state index is 0.265. The highest BCUT2D eigenvalue weighted by atomic mass is 16.5. The van der Waals surface area contributed by atoms with Gasteiger partial charge in [-0.15, -0.1) is 0 Å². The standard InChI is InChI=1S/C25H27NO5/c1-4-31-23-12-10-19(14-20(23)17-30-16-18-8-6-5-7-9-18)25(27)26-22-15-21(28-2)11-13-24(22)29-3/h5-15H,4,16-17H2,1-3H3,(H,26,27). The molecule has 0 spiro atoms. The van der Waals surface area contributed by atoms with Crippen LogP contribution in [0.25, 0.3) is 0 Å². The van der Waals surface area contributed by atoms with E-state index in [4.69, 9.17) is 18.9 Å². The van der Waals surface area contributed by atoms with Gasteiger partial charge in [-0.3, -0.25) is 4.79 Å². The molecule has 3 aromatic carbocycles. The Morgan fingerprint density at radius 2 is 1.65 bits per heavy atom. The van der Waals surface area contributed by atoms with Gasteiger partial charge < -0.3 is 24.3 Å². The van der Waals surface area contributed by atoms with Gasteiger partial charge in [0.1, 0.15) is 17.2 Å². The summed E-state index contributed by atoms with van der Waals surface area (Å²) in [5.74, 6) is 1.61. The molecule has 0 unspecified atom stereocenters. The van der Waals surface area contributed by atoms with Gasteiger partial charge in [0.05, 0.1) is 39.7 Å². The first-order chi connectivity index (χ1) is 15.1. The Bertz CT molecular complexity index is 1000. The number of ether oxygens (including phenoxy) is 4. The third-order valence-corrected chi connectivity index (χ3v) is 4.65. The maximum Gasteiger partial charge on any atom is 0.255 e. The van der Waals surface area contributed by atoms with Crippen LogP contribution in [0.15, 0.2) is 66.7 Å². The largest absolute Gasteiger partial charge is 0.497 e. The van der Waals surface area contributed by atoms with Crippen LogP contribution in [-0.4, -0.2) is 26.7 Å². The van der Waals surface area contributed by atoms with Gasteiger partial charge in [-0.25, -0.2) is 0 Å². The molecule has 6 heteroatoms. The monoisotopic (exact) mass is 421 g/mol. The maximum absolute atomic E-state index is 12.9. The van der Waals surface area contributed by atoms with Crippen LogP contribution in [0.3, 0.4) is 0 Å². The van der Waals surface area contributed by atoms with Gasteiger partial charge in [0.25, 0.3) is 5.91 Å². The van der Waals surface area contributed by atoms with Crippen molar-refractivity contribution < 1.29 is 23.7 Å². The lowest BCUT2D eigenvalue weighted by atomic mass is 10.1. The van der Waals surface area contributed by atoms with E-state index in [1.165, 1.54) is 0 Å². The lowest BCUT2D eigenvalue weighted by Crippen LogP contribution is -2.13. The normalized spacial score (nSPS) is 10.4. The van der Waals surface area contributed by atoms with Gasteiger partial charge in [0.15, 0.2) is 0 Å². The Labute approximate surface area is 182 Å². The molecule has 0 aliphatic carbocycles. The number of carbonyl (C=O) groups is 1. The molecule has 3 aromatic rings. The number of hydrogen-bond donors (Lipinski definition) is 1.